The number of carboxylic acids is 1. The summed E-state index contributed by atoms with van der Waals surface area (Å²) in [6, 6.07) is 7.79. The van der Waals surface area contributed by atoms with Crippen LogP contribution in [0.1, 0.15) is 12.0 Å². The lowest BCUT2D eigenvalue weighted by atomic mass is 10.1. The second-order valence-corrected chi connectivity index (χ2v) is 3.89. The monoisotopic (exact) mass is 227 g/mol. The number of para-hydroxylation sites is 1. The van der Waals surface area contributed by atoms with E-state index in [2.05, 4.69) is 5.92 Å². The molecule has 0 saturated heterocycles. The normalized spacial score (nSPS) is 10.3. The summed E-state index contributed by atoms with van der Waals surface area (Å²) in [6.07, 6.45) is 7.82. The Morgan fingerprint density at radius 1 is 1.41 bits per heavy atom. The van der Waals surface area contributed by atoms with Crippen LogP contribution in [-0.4, -0.2) is 15.6 Å². The zero-order chi connectivity index (χ0) is 12.3. The molecule has 3 nitrogen and oxygen atoms in total. The van der Waals surface area contributed by atoms with E-state index in [1.165, 1.54) is 0 Å². The number of aryl methyl sites for hydroxylation is 1. The first-order chi connectivity index (χ1) is 8.22. The van der Waals surface area contributed by atoms with Crippen molar-refractivity contribution in [2.24, 2.45) is 0 Å². The van der Waals surface area contributed by atoms with Gasteiger partial charge >= 0.3 is 5.97 Å². The highest BCUT2D eigenvalue weighted by Gasteiger charge is 2.10. The van der Waals surface area contributed by atoms with Gasteiger partial charge in [0.05, 0.1) is 6.42 Å². The van der Waals surface area contributed by atoms with Gasteiger partial charge in [-0.15, -0.1) is 12.3 Å². The third kappa shape index (κ3) is 2.31. The Hall–Kier alpha value is -2.21. The number of carbonyl (C=O) groups is 1. The van der Waals surface area contributed by atoms with Crippen molar-refractivity contribution in [1.29, 1.82) is 0 Å². The molecule has 2 rings (SSSR count). The highest BCUT2D eigenvalue weighted by molar-refractivity contribution is 5.87. The summed E-state index contributed by atoms with van der Waals surface area (Å²) in [5.41, 5.74) is 1.88. The molecule has 3 heteroatoms. The molecule has 0 amide bonds. The zero-order valence-electron chi connectivity index (χ0n) is 9.39. The van der Waals surface area contributed by atoms with Gasteiger partial charge in [0, 0.05) is 30.1 Å². The fourth-order valence-electron chi connectivity index (χ4n) is 2.00. The number of benzene rings is 1. The van der Waals surface area contributed by atoms with Crippen molar-refractivity contribution in [3.63, 3.8) is 0 Å². The van der Waals surface area contributed by atoms with E-state index >= 15 is 0 Å². The molecule has 0 bridgehead atoms. The molecule has 0 radical (unpaired) electrons. The van der Waals surface area contributed by atoms with Crippen LogP contribution in [0, 0.1) is 12.3 Å². The minimum Gasteiger partial charge on any atom is -0.481 e. The second-order valence-electron chi connectivity index (χ2n) is 3.89. The Morgan fingerprint density at radius 3 is 2.88 bits per heavy atom. The summed E-state index contributed by atoms with van der Waals surface area (Å²) in [4.78, 5) is 10.8. The van der Waals surface area contributed by atoms with Crippen LogP contribution in [-0.2, 0) is 17.8 Å². The number of aliphatic carboxylic acids is 1. The van der Waals surface area contributed by atoms with Gasteiger partial charge in [-0.05, 0) is 11.6 Å². The lowest BCUT2D eigenvalue weighted by Gasteiger charge is -2.00. The largest absolute Gasteiger partial charge is 0.481 e. The molecule has 1 aromatic heterocycles. The summed E-state index contributed by atoms with van der Waals surface area (Å²) in [5.74, 6) is 1.78. The third-order valence-corrected chi connectivity index (χ3v) is 2.71. The van der Waals surface area contributed by atoms with Gasteiger partial charge in [-0.1, -0.05) is 18.2 Å². The number of nitrogens with zero attached hydrogens (tertiary/aromatic N) is 1. The Balaban J connectivity index is 2.47. The lowest BCUT2D eigenvalue weighted by molar-refractivity contribution is -0.136. The van der Waals surface area contributed by atoms with Crippen LogP contribution >= 0.6 is 0 Å². The second kappa shape index (κ2) is 4.75. The third-order valence-electron chi connectivity index (χ3n) is 2.71. The predicted octanol–water partition coefficient (Wildman–Crippen LogP) is 2.29. The Labute approximate surface area is 99.7 Å². The van der Waals surface area contributed by atoms with E-state index in [4.69, 9.17) is 11.5 Å². The van der Waals surface area contributed by atoms with Crippen LogP contribution in [0.3, 0.4) is 0 Å². The van der Waals surface area contributed by atoms with Crippen molar-refractivity contribution in [2.75, 3.05) is 0 Å². The highest BCUT2D eigenvalue weighted by Crippen LogP contribution is 2.22. The molecule has 0 spiro atoms. The van der Waals surface area contributed by atoms with E-state index in [0.29, 0.717) is 6.42 Å². The van der Waals surface area contributed by atoms with Crippen molar-refractivity contribution >= 4 is 16.9 Å². The summed E-state index contributed by atoms with van der Waals surface area (Å²) in [7, 11) is 0. The van der Waals surface area contributed by atoms with Gasteiger partial charge in [0.25, 0.3) is 0 Å². The zero-order valence-corrected chi connectivity index (χ0v) is 9.39. The summed E-state index contributed by atoms with van der Waals surface area (Å²) in [6.45, 7) is 0.719. The first kappa shape index (κ1) is 11.3. The van der Waals surface area contributed by atoms with E-state index in [1.54, 1.807) is 0 Å². The fraction of sp³-hybridized carbons (Fsp3) is 0.214. The first-order valence-electron chi connectivity index (χ1n) is 5.44. The molecule has 1 heterocycles. The van der Waals surface area contributed by atoms with Gasteiger partial charge in [-0.2, -0.15) is 0 Å². The van der Waals surface area contributed by atoms with E-state index < -0.39 is 5.97 Å². The number of aromatic nitrogens is 1. The SMILES string of the molecule is C#CCCn1cc(CC(=O)O)c2ccccc21. The van der Waals surface area contributed by atoms with Gasteiger partial charge < -0.3 is 9.67 Å². The van der Waals surface area contributed by atoms with Crippen molar-refractivity contribution in [2.45, 2.75) is 19.4 Å². The minimum atomic E-state index is -0.815. The van der Waals surface area contributed by atoms with Crippen molar-refractivity contribution in [3.8, 4) is 12.3 Å². The maximum atomic E-state index is 10.8. The number of rotatable bonds is 4. The van der Waals surface area contributed by atoms with E-state index in [1.807, 2.05) is 35.0 Å². The molecule has 0 unspecified atom stereocenters. The minimum absolute atomic E-state index is 0.0452. The number of terminal acetylenes is 1. The first-order valence-corrected chi connectivity index (χ1v) is 5.44. The quantitative estimate of drug-likeness (QED) is 0.814. The van der Waals surface area contributed by atoms with E-state index in [9.17, 15) is 4.79 Å². The van der Waals surface area contributed by atoms with Gasteiger partial charge in [0.2, 0.25) is 0 Å². The summed E-state index contributed by atoms with van der Waals surface area (Å²) >= 11 is 0. The van der Waals surface area contributed by atoms with Crippen LogP contribution in [0.25, 0.3) is 10.9 Å². The van der Waals surface area contributed by atoms with Gasteiger partial charge in [-0.25, -0.2) is 0 Å². The smallest absolute Gasteiger partial charge is 0.307 e. The lowest BCUT2D eigenvalue weighted by Crippen LogP contribution is -1.99. The maximum Gasteiger partial charge on any atom is 0.307 e. The summed E-state index contributed by atoms with van der Waals surface area (Å²) in [5, 5.41) is 9.86. The topological polar surface area (TPSA) is 42.2 Å². The molecular weight excluding hydrogens is 214 g/mol. The Bertz CT molecular complexity index is 590. The predicted molar refractivity (Wildman–Crippen MR) is 66.7 cm³/mol. The molecule has 0 aliphatic carbocycles. The average Bonchev–Trinajstić information content (AvgIpc) is 2.65. The Morgan fingerprint density at radius 2 is 2.18 bits per heavy atom. The molecule has 0 aliphatic rings. The van der Waals surface area contributed by atoms with Crippen LogP contribution in [0.5, 0.6) is 0 Å². The molecule has 0 aliphatic heterocycles. The van der Waals surface area contributed by atoms with E-state index in [-0.39, 0.29) is 6.42 Å². The average molecular weight is 227 g/mol. The molecular formula is C14H13NO2. The van der Waals surface area contributed by atoms with Crippen LogP contribution in [0.4, 0.5) is 0 Å². The Kier molecular flexibility index (Phi) is 3.15. The van der Waals surface area contributed by atoms with Crippen molar-refractivity contribution < 1.29 is 9.90 Å². The van der Waals surface area contributed by atoms with Crippen LogP contribution in [0.2, 0.25) is 0 Å². The maximum absolute atomic E-state index is 10.8. The molecule has 0 saturated carbocycles. The van der Waals surface area contributed by atoms with Gasteiger partial charge in [0.1, 0.15) is 0 Å². The molecule has 0 fully saturated rings. The molecule has 17 heavy (non-hydrogen) atoms. The fourth-order valence-corrected chi connectivity index (χ4v) is 2.00. The number of carboxylic acid groups (broad SMARTS) is 1. The molecule has 2 aromatic rings. The summed E-state index contributed by atoms with van der Waals surface area (Å²) < 4.78 is 2.02. The number of fused-ring (bicyclic) bond motifs is 1. The van der Waals surface area contributed by atoms with Crippen molar-refractivity contribution in [3.05, 3.63) is 36.0 Å². The van der Waals surface area contributed by atoms with E-state index in [0.717, 1.165) is 23.0 Å². The number of hydrogen-bond donors (Lipinski definition) is 1. The van der Waals surface area contributed by atoms with Crippen LogP contribution in [0.15, 0.2) is 30.5 Å². The van der Waals surface area contributed by atoms with Gasteiger partial charge in [-0.3, -0.25) is 4.79 Å². The standard InChI is InChI=1S/C14H13NO2/c1-2-3-8-15-10-11(9-14(16)17)12-6-4-5-7-13(12)15/h1,4-7,10H,3,8-9H2,(H,16,17). The molecule has 86 valence electrons. The molecule has 0 atom stereocenters. The molecule has 1 aromatic carbocycles. The van der Waals surface area contributed by atoms with Crippen LogP contribution < -0.4 is 0 Å². The number of hydrogen-bond acceptors (Lipinski definition) is 1. The van der Waals surface area contributed by atoms with Crippen molar-refractivity contribution in [1.82, 2.24) is 4.57 Å². The molecule has 1 N–H and O–H groups in total. The van der Waals surface area contributed by atoms with Gasteiger partial charge in [0.15, 0.2) is 0 Å². The highest BCUT2D eigenvalue weighted by atomic mass is 16.4.